The molecular weight excluding hydrogens is 348 g/mol. The van der Waals surface area contributed by atoms with E-state index < -0.39 is 11.7 Å². The van der Waals surface area contributed by atoms with Gasteiger partial charge in [-0.1, -0.05) is 34.8 Å². The first kappa shape index (κ1) is 16.3. The Hall–Kier alpha value is -1.10. The molecule has 7 heteroatoms. The maximum absolute atomic E-state index is 12.6. The van der Waals surface area contributed by atoms with Crippen LogP contribution in [0, 0.1) is 6.92 Å². The van der Waals surface area contributed by atoms with Gasteiger partial charge < -0.3 is 4.74 Å². The van der Waals surface area contributed by atoms with Crippen LogP contribution in [0.25, 0.3) is 0 Å². The molecule has 1 nitrogen and oxygen atoms in total. The van der Waals surface area contributed by atoms with E-state index in [-0.39, 0.29) is 15.8 Å². The zero-order valence-corrected chi connectivity index (χ0v) is 12.5. The Morgan fingerprint density at radius 2 is 1.48 bits per heavy atom. The van der Waals surface area contributed by atoms with Crippen LogP contribution < -0.4 is 4.74 Å². The molecule has 0 aromatic heterocycles. The summed E-state index contributed by atoms with van der Waals surface area (Å²) in [5, 5.41) is -0.0438. The fourth-order valence-electron chi connectivity index (χ4n) is 1.55. The van der Waals surface area contributed by atoms with E-state index in [2.05, 4.69) is 6.92 Å². The predicted molar refractivity (Wildman–Crippen MR) is 77.4 cm³/mol. The molecule has 2 aromatic rings. The van der Waals surface area contributed by atoms with Crippen molar-refractivity contribution in [2.45, 2.75) is 6.18 Å². The lowest BCUT2D eigenvalue weighted by Crippen LogP contribution is -2.05. The topological polar surface area (TPSA) is 9.23 Å². The summed E-state index contributed by atoms with van der Waals surface area (Å²) in [6, 6.07) is 6.10. The highest BCUT2D eigenvalue weighted by atomic mass is 35.5. The SMILES string of the molecule is [CH2]c1cc(Oc2c(Cl)cc(C(F)(F)F)cc2Cl)ccc1Cl. The maximum Gasteiger partial charge on any atom is 0.416 e. The van der Waals surface area contributed by atoms with Gasteiger partial charge in [0.2, 0.25) is 0 Å². The summed E-state index contributed by atoms with van der Waals surface area (Å²) in [5.41, 5.74) is -0.438. The second kappa shape index (κ2) is 5.95. The van der Waals surface area contributed by atoms with Gasteiger partial charge in [0.25, 0.3) is 0 Å². The maximum atomic E-state index is 12.6. The molecule has 2 aromatic carbocycles. The highest BCUT2D eigenvalue weighted by Crippen LogP contribution is 2.41. The summed E-state index contributed by atoms with van der Waals surface area (Å²) in [6.07, 6.45) is -4.54. The standard InChI is InChI=1S/C14H7Cl3F3O/c1-7-4-9(2-3-10(7)15)21-13-11(16)5-8(6-12(13)17)14(18,19)20/h2-6H,1H2. The minimum Gasteiger partial charge on any atom is -0.454 e. The molecule has 0 saturated carbocycles. The predicted octanol–water partition coefficient (Wildman–Crippen LogP) is 6.64. The Morgan fingerprint density at radius 3 is 1.95 bits per heavy atom. The lowest BCUT2D eigenvalue weighted by Gasteiger charge is -2.13. The Bertz CT molecular complexity index is 661. The van der Waals surface area contributed by atoms with Crippen LogP contribution >= 0.6 is 34.8 Å². The van der Waals surface area contributed by atoms with E-state index in [1.807, 2.05) is 0 Å². The molecule has 0 spiro atoms. The molecule has 0 fully saturated rings. The third kappa shape index (κ3) is 3.76. The van der Waals surface area contributed by atoms with Gasteiger partial charge >= 0.3 is 6.18 Å². The van der Waals surface area contributed by atoms with Crippen molar-refractivity contribution in [3.8, 4) is 11.5 Å². The first-order valence-corrected chi connectivity index (χ1v) is 6.67. The number of hydrogen-bond donors (Lipinski definition) is 0. The highest BCUT2D eigenvalue weighted by Gasteiger charge is 2.32. The van der Waals surface area contributed by atoms with Crippen LogP contribution in [0.5, 0.6) is 11.5 Å². The first-order chi connectivity index (χ1) is 9.68. The summed E-state index contributed by atoms with van der Waals surface area (Å²) >= 11 is 17.4. The quantitative estimate of drug-likeness (QED) is 0.587. The molecule has 0 atom stereocenters. The van der Waals surface area contributed by atoms with Crippen LogP contribution in [-0.2, 0) is 6.18 Å². The van der Waals surface area contributed by atoms with Crippen LogP contribution in [0.1, 0.15) is 11.1 Å². The van der Waals surface area contributed by atoms with E-state index in [0.29, 0.717) is 16.3 Å². The summed E-state index contributed by atoms with van der Waals surface area (Å²) in [5.74, 6) is 0.251. The summed E-state index contributed by atoms with van der Waals surface area (Å²) < 4.78 is 43.3. The molecule has 0 amide bonds. The summed E-state index contributed by atoms with van der Waals surface area (Å²) in [7, 11) is 0. The van der Waals surface area contributed by atoms with Gasteiger partial charge in [-0.05, 0) is 42.8 Å². The lowest BCUT2D eigenvalue weighted by atomic mass is 10.2. The zero-order valence-electron chi connectivity index (χ0n) is 10.3. The van der Waals surface area contributed by atoms with Crippen LogP contribution in [0.4, 0.5) is 13.2 Å². The van der Waals surface area contributed by atoms with Crippen molar-refractivity contribution in [2.24, 2.45) is 0 Å². The van der Waals surface area contributed by atoms with Gasteiger partial charge in [-0.25, -0.2) is 0 Å². The molecule has 0 aliphatic heterocycles. The Labute approximate surface area is 134 Å². The zero-order chi connectivity index (χ0) is 15.8. The normalized spacial score (nSPS) is 11.6. The van der Waals surface area contributed by atoms with Crippen LogP contribution in [0.3, 0.4) is 0 Å². The van der Waals surface area contributed by atoms with Gasteiger partial charge in [0.05, 0.1) is 15.6 Å². The van der Waals surface area contributed by atoms with Gasteiger partial charge in [0, 0.05) is 5.02 Å². The molecule has 0 unspecified atom stereocenters. The molecule has 0 heterocycles. The van der Waals surface area contributed by atoms with Crippen molar-refractivity contribution in [3.63, 3.8) is 0 Å². The van der Waals surface area contributed by atoms with E-state index in [4.69, 9.17) is 39.5 Å². The molecular formula is C14H7Cl3F3O. The largest absolute Gasteiger partial charge is 0.454 e. The number of hydrogen-bond acceptors (Lipinski definition) is 1. The van der Waals surface area contributed by atoms with Crippen LogP contribution in [0.15, 0.2) is 30.3 Å². The molecule has 0 aliphatic carbocycles. The Balaban J connectivity index is 2.39. The molecule has 0 bridgehead atoms. The minimum absolute atomic E-state index is 0.0620. The lowest BCUT2D eigenvalue weighted by molar-refractivity contribution is -0.137. The molecule has 111 valence electrons. The molecule has 1 radical (unpaired) electrons. The van der Waals surface area contributed by atoms with E-state index in [9.17, 15) is 13.2 Å². The van der Waals surface area contributed by atoms with Crippen molar-refractivity contribution < 1.29 is 17.9 Å². The number of rotatable bonds is 2. The third-order valence-corrected chi connectivity index (χ3v) is 3.49. The van der Waals surface area contributed by atoms with Crippen molar-refractivity contribution in [1.29, 1.82) is 0 Å². The van der Waals surface area contributed by atoms with Crippen LogP contribution in [-0.4, -0.2) is 0 Å². The summed E-state index contributed by atoms with van der Waals surface area (Å²) in [6.45, 7) is 3.69. The van der Waals surface area contributed by atoms with Crippen molar-refractivity contribution in [3.05, 3.63) is 63.5 Å². The smallest absolute Gasteiger partial charge is 0.416 e. The monoisotopic (exact) mass is 353 g/mol. The molecule has 21 heavy (non-hydrogen) atoms. The number of halogens is 6. The highest BCUT2D eigenvalue weighted by molar-refractivity contribution is 6.37. The molecule has 0 saturated heterocycles. The first-order valence-electron chi connectivity index (χ1n) is 5.54. The Kier molecular flexibility index (Phi) is 4.61. The van der Waals surface area contributed by atoms with Crippen molar-refractivity contribution in [1.82, 2.24) is 0 Å². The van der Waals surface area contributed by atoms with Gasteiger partial charge in [0.15, 0.2) is 5.75 Å². The second-order valence-electron chi connectivity index (χ2n) is 4.12. The fraction of sp³-hybridized carbons (Fsp3) is 0.0714. The van der Waals surface area contributed by atoms with E-state index >= 15 is 0 Å². The number of benzene rings is 2. The molecule has 2 rings (SSSR count). The van der Waals surface area contributed by atoms with Gasteiger partial charge in [0.1, 0.15) is 5.75 Å². The molecule has 0 N–H and O–H groups in total. The van der Waals surface area contributed by atoms with Crippen molar-refractivity contribution >= 4 is 34.8 Å². The number of alkyl halides is 3. The Morgan fingerprint density at radius 1 is 0.905 bits per heavy atom. The van der Waals surface area contributed by atoms with Gasteiger partial charge in [-0.15, -0.1) is 0 Å². The minimum atomic E-state index is -4.54. The van der Waals surface area contributed by atoms with Gasteiger partial charge in [-0.3, -0.25) is 0 Å². The van der Waals surface area contributed by atoms with Crippen LogP contribution in [0.2, 0.25) is 15.1 Å². The number of ether oxygens (including phenoxy) is 1. The average Bonchev–Trinajstić information content (AvgIpc) is 2.36. The third-order valence-electron chi connectivity index (χ3n) is 2.56. The fourth-order valence-corrected chi connectivity index (χ4v) is 2.24. The van der Waals surface area contributed by atoms with E-state index in [1.165, 1.54) is 12.1 Å². The second-order valence-corrected chi connectivity index (χ2v) is 5.34. The van der Waals surface area contributed by atoms with E-state index in [0.717, 1.165) is 12.1 Å². The molecule has 0 aliphatic rings. The van der Waals surface area contributed by atoms with E-state index in [1.54, 1.807) is 6.07 Å². The van der Waals surface area contributed by atoms with Gasteiger partial charge in [-0.2, -0.15) is 13.2 Å². The average molecular weight is 355 g/mol. The summed E-state index contributed by atoms with van der Waals surface area (Å²) in [4.78, 5) is 0. The van der Waals surface area contributed by atoms with Crippen molar-refractivity contribution in [2.75, 3.05) is 0 Å².